The number of nitrogens with one attached hydrogen (secondary N) is 2. The van der Waals surface area contributed by atoms with Crippen LogP contribution in [0.1, 0.15) is 28.8 Å². The molecule has 130 valence electrons. The van der Waals surface area contributed by atoms with Crippen molar-refractivity contribution in [3.63, 3.8) is 0 Å². The quantitative estimate of drug-likeness (QED) is 0.754. The molecule has 25 heavy (non-hydrogen) atoms. The van der Waals surface area contributed by atoms with Crippen molar-refractivity contribution in [2.75, 3.05) is 12.4 Å². The van der Waals surface area contributed by atoms with Crippen molar-refractivity contribution in [2.45, 2.75) is 19.4 Å². The summed E-state index contributed by atoms with van der Waals surface area (Å²) < 4.78 is 5.06. The van der Waals surface area contributed by atoms with Crippen molar-refractivity contribution in [3.8, 4) is 11.5 Å². The molecule has 2 aromatic rings. The fourth-order valence-electron chi connectivity index (χ4n) is 2.40. The molecule has 2 aromatic carbocycles. The van der Waals surface area contributed by atoms with E-state index in [1.165, 1.54) is 19.2 Å². The Morgan fingerprint density at radius 2 is 1.88 bits per heavy atom. The van der Waals surface area contributed by atoms with Gasteiger partial charge in [-0.05, 0) is 48.7 Å². The molecule has 3 rings (SSSR count). The Morgan fingerprint density at radius 1 is 1.16 bits per heavy atom. The maximum absolute atomic E-state index is 12.2. The second-order valence-electron chi connectivity index (χ2n) is 6.03. The minimum Gasteiger partial charge on any atom is -0.507 e. The number of hydrogen-bond acceptors (Lipinski definition) is 4. The number of carbonyl (C=O) groups excluding carboxylic acids is 2. The van der Waals surface area contributed by atoms with Crippen LogP contribution >= 0.6 is 0 Å². The predicted octanol–water partition coefficient (Wildman–Crippen LogP) is 2.68. The van der Waals surface area contributed by atoms with Crippen molar-refractivity contribution < 1.29 is 19.4 Å². The van der Waals surface area contributed by atoms with Crippen molar-refractivity contribution in [1.82, 2.24) is 5.32 Å². The number of anilines is 1. The molecule has 0 aromatic heterocycles. The van der Waals surface area contributed by atoms with Gasteiger partial charge in [0, 0.05) is 18.2 Å². The van der Waals surface area contributed by atoms with Crippen LogP contribution < -0.4 is 15.4 Å². The largest absolute Gasteiger partial charge is 0.507 e. The highest BCUT2D eigenvalue weighted by molar-refractivity contribution is 5.97. The topological polar surface area (TPSA) is 87.7 Å². The van der Waals surface area contributed by atoms with Gasteiger partial charge in [-0.2, -0.15) is 0 Å². The molecular weight excluding hydrogens is 320 g/mol. The molecular formula is C19H20N2O4. The predicted molar refractivity (Wildman–Crippen MR) is 93.6 cm³/mol. The van der Waals surface area contributed by atoms with E-state index in [0.717, 1.165) is 24.1 Å². The third-order valence-electron chi connectivity index (χ3n) is 4.07. The van der Waals surface area contributed by atoms with Crippen LogP contribution in [0.3, 0.4) is 0 Å². The van der Waals surface area contributed by atoms with E-state index in [2.05, 4.69) is 10.6 Å². The molecule has 0 aliphatic heterocycles. The van der Waals surface area contributed by atoms with Gasteiger partial charge in [0.1, 0.15) is 11.5 Å². The molecule has 1 saturated carbocycles. The van der Waals surface area contributed by atoms with Gasteiger partial charge in [0.15, 0.2) is 0 Å². The van der Waals surface area contributed by atoms with Crippen molar-refractivity contribution in [1.29, 1.82) is 0 Å². The smallest absolute Gasteiger partial charge is 0.255 e. The summed E-state index contributed by atoms with van der Waals surface area (Å²) in [5.74, 6) is 0.238. The molecule has 0 bridgehead atoms. The minimum absolute atomic E-state index is 0.0644. The van der Waals surface area contributed by atoms with Crippen LogP contribution in [0.25, 0.3) is 0 Å². The van der Waals surface area contributed by atoms with Crippen LogP contribution in [0.15, 0.2) is 42.5 Å². The number of amides is 2. The number of aromatic hydroxyl groups is 1. The van der Waals surface area contributed by atoms with E-state index >= 15 is 0 Å². The zero-order chi connectivity index (χ0) is 17.8. The van der Waals surface area contributed by atoms with Gasteiger partial charge in [-0.3, -0.25) is 9.59 Å². The highest BCUT2D eigenvalue weighted by Crippen LogP contribution is 2.30. The molecule has 0 spiro atoms. The molecule has 0 atom stereocenters. The normalized spacial score (nSPS) is 13.2. The number of phenols is 1. The Morgan fingerprint density at radius 3 is 2.52 bits per heavy atom. The average molecular weight is 340 g/mol. The summed E-state index contributed by atoms with van der Waals surface area (Å²) in [6, 6.07) is 11.8. The standard InChI is InChI=1S/C19H20N2O4/c1-25-15-8-9-17(22)16(10-15)19(24)20-11-12-2-6-14(7-3-12)21-18(23)13-4-5-13/h2-3,6-10,13,22H,4-5,11H2,1H3,(H,20,24)(H,21,23). The number of benzene rings is 2. The maximum Gasteiger partial charge on any atom is 0.255 e. The lowest BCUT2D eigenvalue weighted by Crippen LogP contribution is -2.23. The molecule has 2 amide bonds. The Balaban J connectivity index is 1.57. The van der Waals surface area contributed by atoms with Gasteiger partial charge in [0.2, 0.25) is 5.91 Å². The van der Waals surface area contributed by atoms with Crippen LogP contribution in [0.5, 0.6) is 11.5 Å². The molecule has 6 heteroatoms. The fraction of sp³-hybridized carbons (Fsp3) is 0.263. The van der Waals surface area contributed by atoms with E-state index in [1.54, 1.807) is 6.07 Å². The van der Waals surface area contributed by atoms with Crippen molar-refractivity contribution >= 4 is 17.5 Å². The van der Waals surface area contributed by atoms with Gasteiger partial charge in [-0.25, -0.2) is 0 Å². The van der Waals surface area contributed by atoms with Crippen LogP contribution in [-0.4, -0.2) is 24.0 Å². The SMILES string of the molecule is COc1ccc(O)c(C(=O)NCc2ccc(NC(=O)C3CC3)cc2)c1. The second-order valence-corrected chi connectivity index (χ2v) is 6.03. The third kappa shape index (κ3) is 4.29. The molecule has 0 heterocycles. The first-order chi connectivity index (χ1) is 12.1. The first kappa shape index (κ1) is 16.8. The van der Waals surface area contributed by atoms with Crippen LogP contribution in [-0.2, 0) is 11.3 Å². The molecule has 3 N–H and O–H groups in total. The number of phenolic OH excluding ortho intramolecular Hbond substituents is 1. The lowest BCUT2D eigenvalue weighted by Gasteiger charge is -2.09. The summed E-state index contributed by atoms with van der Waals surface area (Å²) >= 11 is 0. The highest BCUT2D eigenvalue weighted by Gasteiger charge is 2.29. The van der Waals surface area contributed by atoms with Gasteiger partial charge < -0.3 is 20.5 Å². The average Bonchev–Trinajstić information content (AvgIpc) is 3.46. The first-order valence-electron chi connectivity index (χ1n) is 8.12. The van der Waals surface area contributed by atoms with E-state index in [1.807, 2.05) is 24.3 Å². The monoisotopic (exact) mass is 340 g/mol. The highest BCUT2D eigenvalue weighted by atomic mass is 16.5. The minimum atomic E-state index is -0.387. The Labute approximate surface area is 145 Å². The van der Waals surface area contributed by atoms with Gasteiger partial charge in [0.05, 0.1) is 12.7 Å². The molecule has 0 unspecified atom stereocenters. The lowest BCUT2D eigenvalue weighted by molar-refractivity contribution is -0.117. The zero-order valence-corrected chi connectivity index (χ0v) is 13.9. The Hall–Kier alpha value is -3.02. The number of ether oxygens (including phenoxy) is 1. The summed E-state index contributed by atoms with van der Waals surface area (Å²) in [5, 5.41) is 15.4. The summed E-state index contributed by atoms with van der Waals surface area (Å²) in [6.07, 6.45) is 1.93. The third-order valence-corrected chi connectivity index (χ3v) is 4.07. The molecule has 1 fully saturated rings. The van der Waals surface area contributed by atoms with Gasteiger partial charge in [0.25, 0.3) is 5.91 Å². The van der Waals surface area contributed by atoms with E-state index < -0.39 is 0 Å². The molecule has 1 aliphatic rings. The van der Waals surface area contributed by atoms with E-state index in [4.69, 9.17) is 4.74 Å². The Bertz CT molecular complexity index is 783. The summed E-state index contributed by atoms with van der Waals surface area (Å²) in [5.41, 5.74) is 1.80. The lowest BCUT2D eigenvalue weighted by atomic mass is 10.1. The molecule has 0 radical (unpaired) electrons. The van der Waals surface area contributed by atoms with E-state index in [9.17, 15) is 14.7 Å². The van der Waals surface area contributed by atoms with Gasteiger partial charge in [-0.15, -0.1) is 0 Å². The summed E-state index contributed by atoms with van der Waals surface area (Å²) in [4.78, 5) is 23.9. The second kappa shape index (κ2) is 7.25. The number of hydrogen-bond donors (Lipinski definition) is 3. The van der Waals surface area contributed by atoms with Crippen molar-refractivity contribution in [2.24, 2.45) is 5.92 Å². The van der Waals surface area contributed by atoms with Crippen molar-refractivity contribution in [3.05, 3.63) is 53.6 Å². The summed E-state index contributed by atoms with van der Waals surface area (Å²) in [6.45, 7) is 0.312. The number of methoxy groups -OCH3 is 1. The number of carbonyl (C=O) groups is 2. The summed E-state index contributed by atoms with van der Waals surface area (Å²) in [7, 11) is 1.50. The molecule has 6 nitrogen and oxygen atoms in total. The van der Waals surface area contributed by atoms with Gasteiger partial charge >= 0.3 is 0 Å². The van der Waals surface area contributed by atoms with Crippen LogP contribution in [0.4, 0.5) is 5.69 Å². The molecule has 1 aliphatic carbocycles. The van der Waals surface area contributed by atoms with Crippen LogP contribution in [0.2, 0.25) is 0 Å². The van der Waals surface area contributed by atoms with E-state index in [-0.39, 0.29) is 29.0 Å². The number of rotatable bonds is 6. The van der Waals surface area contributed by atoms with Crippen LogP contribution in [0, 0.1) is 5.92 Å². The maximum atomic E-state index is 12.2. The molecule has 0 saturated heterocycles. The zero-order valence-electron chi connectivity index (χ0n) is 13.9. The Kier molecular flexibility index (Phi) is 4.88. The van der Waals surface area contributed by atoms with E-state index in [0.29, 0.717) is 12.3 Å². The fourth-order valence-corrected chi connectivity index (χ4v) is 2.40. The van der Waals surface area contributed by atoms with Gasteiger partial charge in [-0.1, -0.05) is 12.1 Å². The first-order valence-corrected chi connectivity index (χ1v) is 8.12.